The van der Waals surface area contributed by atoms with Crippen LogP contribution in [0.2, 0.25) is 0 Å². The minimum Gasteiger partial charge on any atom is -0.360 e. The predicted octanol–water partition coefficient (Wildman–Crippen LogP) is 1.41. The van der Waals surface area contributed by atoms with Gasteiger partial charge in [0.2, 0.25) is 0 Å². The Kier molecular flexibility index (Phi) is 2.61. The summed E-state index contributed by atoms with van der Waals surface area (Å²) in [5.41, 5.74) is 1.71. The zero-order chi connectivity index (χ0) is 10.5. The van der Waals surface area contributed by atoms with E-state index in [4.69, 9.17) is 5.26 Å². The molecule has 5 nitrogen and oxygen atoms in total. The van der Waals surface area contributed by atoms with Gasteiger partial charge in [-0.2, -0.15) is 5.26 Å². The van der Waals surface area contributed by atoms with Crippen LogP contribution in [0.5, 0.6) is 0 Å². The van der Waals surface area contributed by atoms with Gasteiger partial charge in [0, 0.05) is 6.20 Å². The van der Waals surface area contributed by atoms with Crippen molar-refractivity contribution < 1.29 is 0 Å². The van der Waals surface area contributed by atoms with Crippen LogP contribution in [-0.2, 0) is 0 Å². The third kappa shape index (κ3) is 2.11. The molecule has 0 bridgehead atoms. The SMILES string of the molecule is N#CCNc1ccc(-c2ccc[nH]2)nn1. The van der Waals surface area contributed by atoms with E-state index in [9.17, 15) is 0 Å². The third-order valence-electron chi connectivity index (χ3n) is 1.89. The van der Waals surface area contributed by atoms with Crippen LogP contribution in [0, 0.1) is 11.3 Å². The second kappa shape index (κ2) is 4.24. The van der Waals surface area contributed by atoms with Crippen LogP contribution in [0.25, 0.3) is 11.4 Å². The quantitative estimate of drug-likeness (QED) is 0.732. The minimum atomic E-state index is 0.233. The molecule has 2 N–H and O–H groups in total. The van der Waals surface area contributed by atoms with E-state index >= 15 is 0 Å². The molecule has 0 unspecified atom stereocenters. The zero-order valence-corrected chi connectivity index (χ0v) is 7.94. The number of nitrogens with zero attached hydrogens (tertiary/aromatic N) is 3. The topological polar surface area (TPSA) is 77.4 Å². The molecule has 5 heteroatoms. The van der Waals surface area contributed by atoms with Crippen LogP contribution < -0.4 is 5.32 Å². The molecular weight excluding hydrogens is 190 g/mol. The highest BCUT2D eigenvalue weighted by molar-refractivity contribution is 5.54. The zero-order valence-electron chi connectivity index (χ0n) is 7.94. The first-order valence-electron chi connectivity index (χ1n) is 4.48. The molecule has 0 saturated heterocycles. The van der Waals surface area contributed by atoms with Crippen molar-refractivity contribution in [2.75, 3.05) is 11.9 Å². The Morgan fingerprint density at radius 2 is 2.27 bits per heavy atom. The molecule has 0 amide bonds. The summed E-state index contributed by atoms with van der Waals surface area (Å²) in [5, 5.41) is 19.1. The highest BCUT2D eigenvalue weighted by Crippen LogP contribution is 2.13. The normalized spacial score (nSPS) is 9.53. The summed E-state index contributed by atoms with van der Waals surface area (Å²) in [6, 6.07) is 9.44. The molecule has 0 atom stereocenters. The first-order valence-corrected chi connectivity index (χ1v) is 4.48. The largest absolute Gasteiger partial charge is 0.360 e. The third-order valence-corrected chi connectivity index (χ3v) is 1.89. The molecule has 2 aromatic heterocycles. The van der Waals surface area contributed by atoms with Crippen LogP contribution in [0.1, 0.15) is 0 Å². The molecule has 2 heterocycles. The summed E-state index contributed by atoms with van der Waals surface area (Å²) in [6.07, 6.45) is 1.83. The van der Waals surface area contributed by atoms with Gasteiger partial charge in [0.25, 0.3) is 0 Å². The first kappa shape index (κ1) is 9.21. The predicted molar refractivity (Wildman–Crippen MR) is 55.9 cm³/mol. The first-order chi connectivity index (χ1) is 7.40. The van der Waals surface area contributed by atoms with Crippen molar-refractivity contribution in [2.45, 2.75) is 0 Å². The number of hydrogen-bond donors (Lipinski definition) is 2. The van der Waals surface area contributed by atoms with Crippen molar-refractivity contribution in [3.05, 3.63) is 30.5 Å². The summed E-state index contributed by atoms with van der Waals surface area (Å²) in [6.45, 7) is 0.233. The number of rotatable bonds is 3. The van der Waals surface area contributed by atoms with E-state index in [-0.39, 0.29) is 6.54 Å². The second-order valence-electron chi connectivity index (χ2n) is 2.90. The van der Waals surface area contributed by atoms with E-state index in [0.717, 1.165) is 11.4 Å². The van der Waals surface area contributed by atoms with Crippen LogP contribution in [0.3, 0.4) is 0 Å². The van der Waals surface area contributed by atoms with Crippen molar-refractivity contribution in [3.8, 4) is 17.5 Å². The summed E-state index contributed by atoms with van der Waals surface area (Å²) >= 11 is 0. The lowest BCUT2D eigenvalue weighted by molar-refractivity contribution is 1.02. The van der Waals surface area contributed by atoms with Crippen molar-refractivity contribution in [3.63, 3.8) is 0 Å². The Morgan fingerprint density at radius 3 is 2.87 bits per heavy atom. The lowest BCUT2D eigenvalue weighted by Gasteiger charge is -2.00. The van der Waals surface area contributed by atoms with E-state index in [1.807, 2.05) is 30.5 Å². The summed E-state index contributed by atoms with van der Waals surface area (Å²) in [7, 11) is 0. The molecule has 2 rings (SSSR count). The van der Waals surface area contributed by atoms with E-state index in [2.05, 4.69) is 20.5 Å². The minimum absolute atomic E-state index is 0.233. The Hall–Kier alpha value is -2.35. The summed E-state index contributed by atoms with van der Waals surface area (Å²) in [4.78, 5) is 3.04. The number of aromatic nitrogens is 3. The van der Waals surface area contributed by atoms with Gasteiger partial charge < -0.3 is 10.3 Å². The van der Waals surface area contributed by atoms with Gasteiger partial charge in [-0.1, -0.05) is 0 Å². The van der Waals surface area contributed by atoms with Gasteiger partial charge >= 0.3 is 0 Å². The van der Waals surface area contributed by atoms with E-state index in [1.165, 1.54) is 0 Å². The fourth-order valence-electron chi connectivity index (χ4n) is 1.19. The average molecular weight is 199 g/mol. The number of nitrogens with one attached hydrogen (secondary N) is 2. The van der Waals surface area contributed by atoms with Crippen molar-refractivity contribution in [1.29, 1.82) is 5.26 Å². The Balaban J connectivity index is 2.15. The van der Waals surface area contributed by atoms with E-state index < -0.39 is 0 Å². The fourth-order valence-corrected chi connectivity index (χ4v) is 1.19. The van der Waals surface area contributed by atoms with Crippen LogP contribution in [0.15, 0.2) is 30.5 Å². The van der Waals surface area contributed by atoms with Crippen LogP contribution in [0.4, 0.5) is 5.82 Å². The van der Waals surface area contributed by atoms with Gasteiger partial charge in [0.1, 0.15) is 18.1 Å². The molecule has 0 aliphatic carbocycles. The fraction of sp³-hybridized carbons (Fsp3) is 0.100. The van der Waals surface area contributed by atoms with Crippen molar-refractivity contribution in [2.24, 2.45) is 0 Å². The highest BCUT2D eigenvalue weighted by atomic mass is 15.2. The van der Waals surface area contributed by atoms with Gasteiger partial charge in [-0.05, 0) is 24.3 Å². The molecule has 0 aromatic carbocycles. The lowest BCUT2D eigenvalue weighted by atomic mass is 10.3. The standard InChI is InChI=1S/C10H9N5/c11-5-7-13-10-4-3-9(14-15-10)8-2-1-6-12-8/h1-4,6,12H,7H2,(H,13,15). The molecule has 0 aliphatic rings. The second-order valence-corrected chi connectivity index (χ2v) is 2.90. The number of H-pyrrole nitrogens is 1. The highest BCUT2D eigenvalue weighted by Gasteiger charge is 2.00. The van der Waals surface area contributed by atoms with Gasteiger partial charge in [0.05, 0.1) is 11.8 Å². The van der Waals surface area contributed by atoms with Crippen molar-refractivity contribution in [1.82, 2.24) is 15.2 Å². The van der Waals surface area contributed by atoms with Crippen LogP contribution in [-0.4, -0.2) is 21.7 Å². The molecule has 15 heavy (non-hydrogen) atoms. The van der Waals surface area contributed by atoms with Crippen LogP contribution >= 0.6 is 0 Å². The Bertz CT molecular complexity index is 452. The van der Waals surface area contributed by atoms with E-state index in [0.29, 0.717) is 5.82 Å². The Morgan fingerprint density at radius 1 is 1.33 bits per heavy atom. The Labute approximate surface area is 86.8 Å². The number of hydrogen-bond acceptors (Lipinski definition) is 4. The maximum Gasteiger partial charge on any atom is 0.149 e. The van der Waals surface area contributed by atoms with Crippen molar-refractivity contribution >= 4 is 5.82 Å². The summed E-state index contributed by atoms with van der Waals surface area (Å²) in [5.74, 6) is 0.604. The molecule has 0 fully saturated rings. The number of nitriles is 1. The molecule has 0 saturated carbocycles. The molecule has 74 valence electrons. The maximum absolute atomic E-state index is 8.37. The molecule has 0 aliphatic heterocycles. The monoisotopic (exact) mass is 199 g/mol. The molecule has 0 radical (unpaired) electrons. The van der Waals surface area contributed by atoms with Gasteiger partial charge in [-0.15, -0.1) is 10.2 Å². The lowest BCUT2D eigenvalue weighted by Crippen LogP contribution is -2.01. The summed E-state index contributed by atoms with van der Waals surface area (Å²) < 4.78 is 0. The number of aromatic amines is 1. The molecule has 2 aromatic rings. The number of anilines is 1. The molecule has 0 spiro atoms. The smallest absolute Gasteiger partial charge is 0.149 e. The maximum atomic E-state index is 8.37. The van der Waals surface area contributed by atoms with Gasteiger partial charge in [-0.3, -0.25) is 0 Å². The van der Waals surface area contributed by atoms with Gasteiger partial charge in [0.15, 0.2) is 0 Å². The van der Waals surface area contributed by atoms with Gasteiger partial charge in [-0.25, -0.2) is 0 Å². The molecular formula is C10H9N5. The van der Waals surface area contributed by atoms with E-state index in [1.54, 1.807) is 6.07 Å². The average Bonchev–Trinajstić information content (AvgIpc) is 2.80.